The molecule has 2 saturated heterocycles. The zero-order valence-electron chi connectivity index (χ0n) is 12.4. The van der Waals surface area contributed by atoms with Gasteiger partial charge in [-0.3, -0.25) is 0 Å². The summed E-state index contributed by atoms with van der Waals surface area (Å²) in [6.45, 7) is 8.03. The van der Waals surface area contributed by atoms with E-state index in [0.29, 0.717) is 6.42 Å². The summed E-state index contributed by atoms with van der Waals surface area (Å²) in [4.78, 5) is 23.3. The summed E-state index contributed by atoms with van der Waals surface area (Å²) in [5.41, 5.74) is -1.92. The van der Waals surface area contributed by atoms with Crippen LogP contribution in [0.25, 0.3) is 0 Å². The zero-order valence-corrected chi connectivity index (χ0v) is 12.4. The van der Waals surface area contributed by atoms with Crippen LogP contribution in [0.3, 0.4) is 0 Å². The maximum absolute atomic E-state index is 12.3. The van der Waals surface area contributed by atoms with E-state index in [1.54, 1.807) is 0 Å². The van der Waals surface area contributed by atoms with Crippen LogP contribution in [0.4, 0.5) is 0 Å². The number of fused-ring (bicyclic) bond motifs is 4. The first-order valence-corrected chi connectivity index (χ1v) is 7.24. The van der Waals surface area contributed by atoms with Gasteiger partial charge in [0, 0.05) is 17.8 Å². The average Bonchev–Trinajstić information content (AvgIpc) is 2.80. The largest absolute Gasteiger partial charge is 0.433 e. The predicted molar refractivity (Wildman–Crippen MR) is 69.5 cm³/mol. The average molecular weight is 282 g/mol. The molecule has 20 heavy (non-hydrogen) atoms. The molecule has 7 atom stereocenters. The van der Waals surface area contributed by atoms with E-state index in [0.717, 1.165) is 6.29 Å². The van der Waals surface area contributed by atoms with Crippen LogP contribution in [0.1, 0.15) is 40.5 Å². The second-order valence-corrected chi connectivity index (χ2v) is 7.10. The normalized spacial score (nSPS) is 57.4. The maximum Gasteiger partial charge on any atom is 0.341 e. The Bertz CT molecular complexity index is 477. The topological polar surface area (TPSA) is 72.8 Å². The molecule has 2 heterocycles. The lowest BCUT2D eigenvalue weighted by Crippen LogP contribution is -2.61. The van der Waals surface area contributed by atoms with Crippen molar-refractivity contribution < 1.29 is 24.2 Å². The molecule has 3 fully saturated rings. The standard InChI is InChI=1S/C15H22O5/c1-8-10(17)7-13(3)9(2)15(5-6-16)11(18)19-12(20-15)14(8,13)4/h6,8-10,12,17H,5,7H2,1-4H3. The fraction of sp³-hybridized carbons (Fsp3) is 0.867. The monoisotopic (exact) mass is 282 g/mol. The van der Waals surface area contributed by atoms with Crippen molar-refractivity contribution in [1.29, 1.82) is 0 Å². The van der Waals surface area contributed by atoms with Crippen molar-refractivity contribution in [2.75, 3.05) is 0 Å². The minimum Gasteiger partial charge on any atom is -0.433 e. The second-order valence-electron chi connectivity index (χ2n) is 7.10. The molecular formula is C15H22O5. The fourth-order valence-electron chi connectivity index (χ4n) is 4.81. The van der Waals surface area contributed by atoms with Gasteiger partial charge in [0.05, 0.1) is 6.10 Å². The molecule has 5 heteroatoms. The molecule has 0 radical (unpaired) electrons. The van der Waals surface area contributed by atoms with E-state index in [-0.39, 0.29) is 23.7 Å². The molecule has 7 unspecified atom stereocenters. The molecule has 0 aromatic rings. The molecule has 0 spiro atoms. The molecule has 5 nitrogen and oxygen atoms in total. The van der Waals surface area contributed by atoms with E-state index in [1.807, 2.05) is 20.8 Å². The second kappa shape index (κ2) is 3.83. The summed E-state index contributed by atoms with van der Waals surface area (Å²) in [6.07, 6.45) is 0.217. The number of rotatable bonds is 2. The first kappa shape index (κ1) is 14.0. The van der Waals surface area contributed by atoms with Crippen molar-refractivity contribution in [2.45, 2.75) is 58.5 Å². The molecule has 3 rings (SSSR count). The highest BCUT2D eigenvalue weighted by Gasteiger charge is 2.76. The molecule has 1 saturated carbocycles. The summed E-state index contributed by atoms with van der Waals surface area (Å²) >= 11 is 0. The highest BCUT2D eigenvalue weighted by atomic mass is 16.8. The molecule has 0 aromatic carbocycles. The van der Waals surface area contributed by atoms with Crippen molar-refractivity contribution in [2.24, 2.45) is 22.7 Å². The summed E-state index contributed by atoms with van der Waals surface area (Å²) < 4.78 is 11.4. The van der Waals surface area contributed by atoms with Crippen LogP contribution < -0.4 is 0 Å². The van der Waals surface area contributed by atoms with Gasteiger partial charge in [-0.2, -0.15) is 0 Å². The SMILES string of the molecule is CC1C2(CC=O)OC(OC2=O)C2(C)C(C)C(O)CC12C. The lowest BCUT2D eigenvalue weighted by molar-refractivity contribution is -0.268. The number of ether oxygens (including phenoxy) is 2. The van der Waals surface area contributed by atoms with Gasteiger partial charge < -0.3 is 19.4 Å². The van der Waals surface area contributed by atoms with E-state index >= 15 is 0 Å². The van der Waals surface area contributed by atoms with Gasteiger partial charge in [-0.05, 0) is 17.8 Å². The summed E-state index contributed by atoms with van der Waals surface area (Å²) in [5, 5.41) is 10.3. The van der Waals surface area contributed by atoms with Gasteiger partial charge in [-0.15, -0.1) is 0 Å². The Labute approximate surface area is 118 Å². The Morgan fingerprint density at radius 3 is 2.65 bits per heavy atom. The van der Waals surface area contributed by atoms with E-state index < -0.39 is 29.4 Å². The number of hydrogen-bond donors (Lipinski definition) is 1. The quantitative estimate of drug-likeness (QED) is 0.610. The van der Waals surface area contributed by atoms with Gasteiger partial charge >= 0.3 is 5.97 Å². The van der Waals surface area contributed by atoms with E-state index in [9.17, 15) is 14.7 Å². The molecule has 2 aliphatic heterocycles. The number of aliphatic hydroxyl groups is 1. The number of carbonyl (C=O) groups is 2. The number of hydrogen-bond acceptors (Lipinski definition) is 5. The van der Waals surface area contributed by atoms with Gasteiger partial charge in [-0.1, -0.05) is 27.7 Å². The van der Waals surface area contributed by atoms with Crippen LogP contribution >= 0.6 is 0 Å². The first-order chi connectivity index (χ1) is 9.24. The third kappa shape index (κ3) is 1.22. The van der Waals surface area contributed by atoms with Crippen LogP contribution in [-0.2, 0) is 19.1 Å². The Hall–Kier alpha value is -0.940. The number of esters is 1. The molecule has 0 aromatic heterocycles. The van der Waals surface area contributed by atoms with Crippen LogP contribution in [-0.4, -0.2) is 35.4 Å². The smallest absolute Gasteiger partial charge is 0.341 e. The Morgan fingerprint density at radius 2 is 2.05 bits per heavy atom. The third-order valence-corrected chi connectivity index (χ3v) is 6.80. The van der Waals surface area contributed by atoms with Gasteiger partial charge in [0.2, 0.25) is 6.29 Å². The summed E-state index contributed by atoms with van der Waals surface area (Å²) in [5.74, 6) is -0.642. The van der Waals surface area contributed by atoms with Crippen molar-refractivity contribution in [1.82, 2.24) is 0 Å². The highest BCUT2D eigenvalue weighted by molar-refractivity contribution is 5.85. The van der Waals surface area contributed by atoms with Crippen LogP contribution in [0.2, 0.25) is 0 Å². The van der Waals surface area contributed by atoms with Crippen molar-refractivity contribution in [3.05, 3.63) is 0 Å². The molecule has 1 N–H and O–H groups in total. The summed E-state index contributed by atoms with van der Waals surface area (Å²) in [7, 11) is 0. The molecular weight excluding hydrogens is 260 g/mol. The summed E-state index contributed by atoms with van der Waals surface area (Å²) in [6, 6.07) is 0. The Balaban J connectivity index is 2.15. The maximum atomic E-state index is 12.3. The van der Waals surface area contributed by atoms with Crippen LogP contribution in [0, 0.1) is 22.7 Å². The first-order valence-electron chi connectivity index (χ1n) is 7.24. The Kier molecular flexibility index (Phi) is 2.68. The van der Waals surface area contributed by atoms with Crippen molar-refractivity contribution >= 4 is 12.3 Å². The molecule has 0 amide bonds. The molecule has 2 bridgehead atoms. The van der Waals surface area contributed by atoms with Crippen molar-refractivity contribution in [3.8, 4) is 0 Å². The van der Waals surface area contributed by atoms with Gasteiger partial charge in [0.1, 0.15) is 6.29 Å². The number of aldehydes is 1. The fourth-order valence-corrected chi connectivity index (χ4v) is 4.81. The van der Waals surface area contributed by atoms with Gasteiger partial charge in [0.15, 0.2) is 5.60 Å². The zero-order chi connectivity index (χ0) is 14.9. The lowest BCUT2D eigenvalue weighted by Gasteiger charge is -2.55. The minimum absolute atomic E-state index is 0.0135. The number of aliphatic hydroxyl groups excluding tert-OH is 1. The van der Waals surface area contributed by atoms with Gasteiger partial charge in [-0.25, -0.2) is 4.79 Å². The number of carbonyl (C=O) groups excluding carboxylic acids is 2. The molecule has 3 aliphatic rings. The van der Waals surface area contributed by atoms with E-state index in [2.05, 4.69) is 6.92 Å². The lowest BCUT2D eigenvalue weighted by atomic mass is 9.54. The van der Waals surface area contributed by atoms with Crippen LogP contribution in [0.5, 0.6) is 0 Å². The van der Waals surface area contributed by atoms with Crippen LogP contribution in [0.15, 0.2) is 0 Å². The third-order valence-electron chi connectivity index (χ3n) is 6.80. The highest BCUT2D eigenvalue weighted by Crippen LogP contribution is 2.69. The predicted octanol–water partition coefficient (Wildman–Crippen LogP) is 1.28. The van der Waals surface area contributed by atoms with Gasteiger partial charge in [0.25, 0.3) is 0 Å². The molecule has 112 valence electrons. The minimum atomic E-state index is -1.18. The molecule has 1 aliphatic carbocycles. The van der Waals surface area contributed by atoms with Crippen molar-refractivity contribution in [3.63, 3.8) is 0 Å². The van der Waals surface area contributed by atoms with E-state index in [1.165, 1.54) is 0 Å². The van der Waals surface area contributed by atoms with E-state index in [4.69, 9.17) is 9.47 Å². The Morgan fingerprint density at radius 1 is 1.40 bits per heavy atom.